The summed E-state index contributed by atoms with van der Waals surface area (Å²) < 4.78 is 22.7. The number of rotatable bonds is 8. The Morgan fingerprint density at radius 3 is 2.42 bits per heavy atom. The maximum atomic E-state index is 12.0. The van der Waals surface area contributed by atoms with Gasteiger partial charge in [-0.2, -0.15) is 0 Å². The quantitative estimate of drug-likeness (QED) is 0.438. The third kappa shape index (κ3) is 4.77. The van der Waals surface area contributed by atoms with Crippen molar-refractivity contribution in [2.24, 2.45) is 0 Å². The number of benzene rings is 2. The van der Waals surface area contributed by atoms with E-state index in [9.17, 15) is 9.59 Å². The van der Waals surface area contributed by atoms with Crippen LogP contribution in [0.3, 0.4) is 0 Å². The molecule has 1 N–H and O–H groups in total. The van der Waals surface area contributed by atoms with Crippen LogP contribution in [-0.2, 0) is 13.0 Å². The van der Waals surface area contributed by atoms with Crippen molar-refractivity contribution in [1.29, 1.82) is 0 Å². The van der Waals surface area contributed by atoms with Crippen LogP contribution in [0, 0.1) is 0 Å². The van der Waals surface area contributed by atoms with E-state index in [0.29, 0.717) is 23.5 Å². The normalized spacial score (nSPS) is 11.2. The van der Waals surface area contributed by atoms with Crippen LogP contribution in [0.15, 0.2) is 56.7 Å². The van der Waals surface area contributed by atoms with Crippen LogP contribution in [0.25, 0.3) is 10.8 Å². The molecule has 33 heavy (non-hydrogen) atoms. The number of nitrogens with one attached hydrogen (secondary N) is 1. The van der Waals surface area contributed by atoms with E-state index in [-0.39, 0.29) is 12.6 Å². The summed E-state index contributed by atoms with van der Waals surface area (Å²) in [7, 11) is 3.13. The Balaban J connectivity index is 1.81. The number of H-pyrrole nitrogens is 1. The lowest BCUT2D eigenvalue weighted by Gasteiger charge is -2.15. The van der Waals surface area contributed by atoms with E-state index in [4.69, 9.17) is 18.7 Å². The first kappa shape index (κ1) is 22.2. The van der Waals surface area contributed by atoms with Crippen LogP contribution in [0.4, 0.5) is 0 Å². The third-order valence-corrected chi connectivity index (χ3v) is 5.14. The van der Waals surface area contributed by atoms with Gasteiger partial charge in [0.15, 0.2) is 11.5 Å². The molecule has 9 heteroatoms. The summed E-state index contributed by atoms with van der Waals surface area (Å²) in [5.74, 6) is 1.09. The maximum Gasteiger partial charge on any atom is 0.440 e. The lowest BCUT2D eigenvalue weighted by atomic mass is 9.99. The Bertz CT molecular complexity index is 1400. The highest BCUT2D eigenvalue weighted by atomic mass is 16.5. The first-order chi connectivity index (χ1) is 15.9. The summed E-state index contributed by atoms with van der Waals surface area (Å²) in [5.41, 5.74) is 1.92. The number of methoxy groups -OCH3 is 2. The first-order valence-corrected chi connectivity index (χ1v) is 10.5. The monoisotopic (exact) mass is 451 g/mol. The Hall–Kier alpha value is -4.01. The second-order valence-electron chi connectivity index (χ2n) is 7.82. The summed E-state index contributed by atoms with van der Waals surface area (Å²) >= 11 is 0. The Morgan fingerprint density at radius 1 is 1.06 bits per heavy atom. The maximum absolute atomic E-state index is 12.0. The van der Waals surface area contributed by atoms with Crippen LogP contribution in [-0.4, -0.2) is 35.0 Å². The smallest absolute Gasteiger partial charge is 0.440 e. The molecule has 0 spiro atoms. The topological polar surface area (TPSA) is 109 Å². The molecule has 0 amide bonds. The molecule has 0 aliphatic heterocycles. The molecule has 0 atom stereocenters. The van der Waals surface area contributed by atoms with Crippen LogP contribution in [0.1, 0.15) is 30.7 Å². The van der Waals surface area contributed by atoms with Crippen molar-refractivity contribution in [2.45, 2.75) is 32.9 Å². The molecule has 0 radical (unpaired) electrons. The van der Waals surface area contributed by atoms with Crippen LogP contribution >= 0.6 is 0 Å². The van der Waals surface area contributed by atoms with E-state index in [1.165, 1.54) is 0 Å². The highest BCUT2D eigenvalue weighted by molar-refractivity contribution is 5.90. The zero-order valence-corrected chi connectivity index (χ0v) is 18.9. The Morgan fingerprint density at radius 2 is 1.79 bits per heavy atom. The molecule has 172 valence electrons. The van der Waals surface area contributed by atoms with Gasteiger partial charge in [-0.3, -0.25) is 4.98 Å². The van der Waals surface area contributed by atoms with Crippen LogP contribution in [0.2, 0.25) is 0 Å². The largest absolute Gasteiger partial charge is 0.493 e. The fourth-order valence-corrected chi connectivity index (χ4v) is 3.71. The Kier molecular flexibility index (Phi) is 6.21. The van der Waals surface area contributed by atoms with Crippen molar-refractivity contribution in [2.75, 3.05) is 14.2 Å². The average Bonchev–Trinajstić information content (AvgIpc) is 3.10. The molecule has 0 unspecified atom stereocenters. The fraction of sp³-hybridized carbons (Fsp3) is 0.292. The highest BCUT2D eigenvalue weighted by Crippen LogP contribution is 2.35. The van der Waals surface area contributed by atoms with E-state index in [1.807, 2.05) is 50.2 Å². The summed E-state index contributed by atoms with van der Waals surface area (Å²) in [4.78, 5) is 30.1. The van der Waals surface area contributed by atoms with E-state index < -0.39 is 11.4 Å². The fourth-order valence-electron chi connectivity index (χ4n) is 3.71. The van der Waals surface area contributed by atoms with Gasteiger partial charge < -0.3 is 18.7 Å². The third-order valence-electron chi connectivity index (χ3n) is 5.14. The van der Waals surface area contributed by atoms with E-state index in [2.05, 4.69) is 9.97 Å². The number of ether oxygens (including phenoxy) is 3. The lowest BCUT2D eigenvalue weighted by molar-refractivity contribution is 0.242. The van der Waals surface area contributed by atoms with E-state index in [1.54, 1.807) is 20.4 Å². The number of fused-ring (bicyclic) bond motifs is 1. The standard InChI is InChI=1S/C24H25N3O6/c1-14(2)32-17-7-5-6-15(8-17)9-20-19-11-22(31-4)21(30-3)10-18(19)16(12-25-20)13-27-23(28)26-24(29)33-27/h5-8,10-12,14H,9,13H2,1-4H3,(H,26,28,29). The van der Waals surface area contributed by atoms with Crippen molar-refractivity contribution in [3.8, 4) is 17.2 Å². The van der Waals surface area contributed by atoms with Crippen molar-refractivity contribution < 1.29 is 18.7 Å². The molecule has 2 aromatic heterocycles. The first-order valence-electron chi connectivity index (χ1n) is 10.5. The van der Waals surface area contributed by atoms with Crippen molar-refractivity contribution in [3.05, 3.63) is 80.5 Å². The van der Waals surface area contributed by atoms with Crippen molar-refractivity contribution in [3.63, 3.8) is 0 Å². The predicted molar refractivity (Wildman–Crippen MR) is 123 cm³/mol. The van der Waals surface area contributed by atoms with Gasteiger partial charge in [-0.25, -0.2) is 14.6 Å². The molecule has 2 heterocycles. The summed E-state index contributed by atoms with van der Waals surface area (Å²) in [6.07, 6.45) is 2.31. The van der Waals surface area contributed by atoms with Gasteiger partial charge in [0.2, 0.25) is 0 Å². The molecule has 4 aromatic rings. The second kappa shape index (κ2) is 9.23. The SMILES string of the molecule is COc1cc2c(Cn3oc(=O)[nH]c3=O)cnc(Cc3cccc(OC(C)C)c3)c2cc1OC. The molecule has 0 bridgehead atoms. The molecule has 0 saturated heterocycles. The highest BCUT2D eigenvalue weighted by Gasteiger charge is 2.16. The average molecular weight is 451 g/mol. The van der Waals surface area contributed by atoms with Gasteiger partial charge >= 0.3 is 11.4 Å². The zero-order valence-electron chi connectivity index (χ0n) is 18.9. The minimum absolute atomic E-state index is 0.0363. The number of hydrogen-bond donors (Lipinski definition) is 1. The number of nitrogens with zero attached hydrogens (tertiary/aromatic N) is 2. The van der Waals surface area contributed by atoms with Crippen LogP contribution in [0.5, 0.6) is 17.2 Å². The number of hydrogen-bond acceptors (Lipinski definition) is 7. The van der Waals surface area contributed by atoms with Gasteiger partial charge in [-0.1, -0.05) is 12.1 Å². The van der Waals surface area contributed by atoms with Gasteiger partial charge in [0.1, 0.15) is 5.75 Å². The van der Waals surface area contributed by atoms with Crippen molar-refractivity contribution in [1.82, 2.24) is 14.7 Å². The number of aromatic amines is 1. The van der Waals surface area contributed by atoms with Gasteiger partial charge in [-0.15, -0.1) is 4.74 Å². The minimum atomic E-state index is -0.809. The predicted octanol–water partition coefficient (Wildman–Crippen LogP) is 3.12. The zero-order chi connectivity index (χ0) is 23.5. The second-order valence-corrected chi connectivity index (χ2v) is 7.82. The van der Waals surface area contributed by atoms with Gasteiger partial charge in [-0.05, 0) is 49.1 Å². The molecular weight excluding hydrogens is 426 g/mol. The lowest BCUT2D eigenvalue weighted by Crippen LogP contribution is -2.17. The van der Waals surface area contributed by atoms with E-state index >= 15 is 0 Å². The minimum Gasteiger partial charge on any atom is -0.493 e. The molecule has 0 aliphatic carbocycles. The number of aromatic nitrogens is 3. The van der Waals surface area contributed by atoms with Gasteiger partial charge in [0.25, 0.3) is 0 Å². The molecule has 9 nitrogen and oxygen atoms in total. The van der Waals surface area contributed by atoms with Gasteiger partial charge in [0.05, 0.1) is 32.6 Å². The Labute approximate surface area is 189 Å². The molecule has 0 fully saturated rings. The summed E-state index contributed by atoms with van der Waals surface area (Å²) in [5, 5.41) is 1.65. The van der Waals surface area contributed by atoms with E-state index in [0.717, 1.165) is 32.5 Å². The van der Waals surface area contributed by atoms with Gasteiger partial charge in [0, 0.05) is 23.6 Å². The molecule has 4 rings (SSSR count). The molecule has 0 aliphatic rings. The molecule has 0 saturated carbocycles. The summed E-state index contributed by atoms with van der Waals surface area (Å²) in [6.45, 7) is 4.00. The summed E-state index contributed by atoms with van der Waals surface area (Å²) in [6, 6.07) is 11.6. The van der Waals surface area contributed by atoms with Crippen molar-refractivity contribution >= 4 is 10.8 Å². The molecule has 2 aromatic carbocycles. The van der Waals surface area contributed by atoms with Crippen LogP contribution < -0.4 is 25.7 Å². The molecular formula is C24H25N3O6. The number of pyridine rings is 1.